The molecule has 0 spiro atoms. The van der Waals surface area contributed by atoms with Crippen molar-refractivity contribution in [1.82, 2.24) is 9.78 Å². The number of nitriles is 1. The average Bonchev–Trinajstić information content (AvgIpc) is 2.78. The zero-order valence-corrected chi connectivity index (χ0v) is 10.2. The molecule has 1 heterocycles. The zero-order chi connectivity index (χ0) is 13.1. The molecule has 4 nitrogen and oxygen atoms in total. The van der Waals surface area contributed by atoms with Crippen molar-refractivity contribution in [2.45, 2.75) is 19.9 Å². The summed E-state index contributed by atoms with van der Waals surface area (Å²) in [6.45, 7) is 4.05. The maximum Gasteiger partial charge on any atom is 0.152 e. The van der Waals surface area contributed by atoms with E-state index in [0.717, 1.165) is 0 Å². The van der Waals surface area contributed by atoms with Crippen molar-refractivity contribution < 1.29 is 4.39 Å². The molecule has 0 unspecified atom stereocenters. The number of halogens is 1. The molecule has 0 amide bonds. The molecular weight excluding hydrogens is 231 g/mol. The van der Waals surface area contributed by atoms with Crippen LogP contribution in [-0.2, 0) is 0 Å². The molecule has 0 aliphatic heterocycles. The summed E-state index contributed by atoms with van der Waals surface area (Å²) in [5.74, 6) is 0.110. The Kier molecular flexibility index (Phi) is 3.28. The Balaban J connectivity index is 2.18. The van der Waals surface area contributed by atoms with E-state index in [9.17, 15) is 4.39 Å². The highest BCUT2D eigenvalue weighted by Crippen LogP contribution is 2.18. The van der Waals surface area contributed by atoms with Gasteiger partial charge in [0.2, 0.25) is 0 Å². The Labute approximate surface area is 105 Å². The molecule has 2 rings (SSSR count). The standard InChI is InChI=1S/C13H13FN4/c1-9(2)18-6-5-13(17-18)16-11-4-3-10(8-15)12(14)7-11/h3-7,9H,1-2H3,(H,16,17). The fourth-order valence-corrected chi connectivity index (χ4v) is 1.52. The molecule has 0 radical (unpaired) electrons. The van der Waals surface area contributed by atoms with E-state index in [2.05, 4.69) is 10.4 Å². The summed E-state index contributed by atoms with van der Waals surface area (Å²) in [6, 6.07) is 8.25. The maximum absolute atomic E-state index is 13.4. The van der Waals surface area contributed by atoms with Crippen LogP contribution in [0.5, 0.6) is 0 Å². The summed E-state index contributed by atoms with van der Waals surface area (Å²) in [6.07, 6.45) is 1.85. The van der Waals surface area contributed by atoms with Gasteiger partial charge in [0.25, 0.3) is 0 Å². The van der Waals surface area contributed by atoms with Crippen LogP contribution in [0, 0.1) is 17.1 Å². The maximum atomic E-state index is 13.4. The molecule has 1 aromatic carbocycles. The summed E-state index contributed by atoms with van der Waals surface area (Å²) in [4.78, 5) is 0. The van der Waals surface area contributed by atoms with Gasteiger partial charge in [0.05, 0.1) is 5.56 Å². The van der Waals surface area contributed by atoms with Crippen molar-refractivity contribution in [1.29, 1.82) is 5.26 Å². The Hall–Kier alpha value is -2.35. The van der Waals surface area contributed by atoms with Crippen LogP contribution in [0.15, 0.2) is 30.5 Å². The van der Waals surface area contributed by atoms with Crippen molar-refractivity contribution >= 4 is 11.5 Å². The van der Waals surface area contributed by atoms with Gasteiger partial charge in [0.1, 0.15) is 11.9 Å². The van der Waals surface area contributed by atoms with Gasteiger partial charge in [-0.05, 0) is 32.0 Å². The highest BCUT2D eigenvalue weighted by Gasteiger charge is 2.05. The Bertz CT molecular complexity index is 595. The fraction of sp³-hybridized carbons (Fsp3) is 0.231. The third kappa shape index (κ3) is 2.48. The van der Waals surface area contributed by atoms with Gasteiger partial charge in [0.15, 0.2) is 5.82 Å². The molecule has 0 aliphatic carbocycles. The molecule has 5 heteroatoms. The van der Waals surface area contributed by atoms with Crippen molar-refractivity contribution in [2.75, 3.05) is 5.32 Å². The van der Waals surface area contributed by atoms with E-state index in [4.69, 9.17) is 5.26 Å². The third-order valence-corrected chi connectivity index (χ3v) is 2.50. The second kappa shape index (κ2) is 4.88. The number of anilines is 2. The van der Waals surface area contributed by atoms with Crippen LogP contribution < -0.4 is 5.32 Å². The first-order valence-electron chi connectivity index (χ1n) is 5.62. The predicted molar refractivity (Wildman–Crippen MR) is 67.0 cm³/mol. The quantitative estimate of drug-likeness (QED) is 0.901. The van der Waals surface area contributed by atoms with Crippen molar-refractivity contribution in [2.24, 2.45) is 0 Å². The lowest BCUT2D eigenvalue weighted by atomic mass is 10.2. The monoisotopic (exact) mass is 244 g/mol. The minimum absolute atomic E-state index is 0.0354. The summed E-state index contributed by atoms with van der Waals surface area (Å²) < 4.78 is 15.2. The molecule has 92 valence electrons. The molecule has 0 bridgehead atoms. The van der Waals surface area contributed by atoms with Crippen LogP contribution in [0.4, 0.5) is 15.9 Å². The third-order valence-electron chi connectivity index (χ3n) is 2.50. The minimum Gasteiger partial charge on any atom is -0.339 e. The van der Waals surface area contributed by atoms with Crippen LogP contribution in [0.2, 0.25) is 0 Å². The first-order chi connectivity index (χ1) is 8.60. The minimum atomic E-state index is -0.536. The largest absolute Gasteiger partial charge is 0.339 e. The molecule has 0 fully saturated rings. The summed E-state index contributed by atoms with van der Waals surface area (Å²) in [5.41, 5.74) is 0.605. The van der Waals surface area contributed by atoms with Crippen molar-refractivity contribution in [3.63, 3.8) is 0 Å². The lowest BCUT2D eigenvalue weighted by Gasteiger charge is -2.05. The Morgan fingerprint density at radius 2 is 2.17 bits per heavy atom. The van der Waals surface area contributed by atoms with E-state index < -0.39 is 5.82 Å². The highest BCUT2D eigenvalue weighted by atomic mass is 19.1. The number of benzene rings is 1. The predicted octanol–water partition coefficient (Wildman–Crippen LogP) is 3.22. The van der Waals surface area contributed by atoms with Gasteiger partial charge in [-0.3, -0.25) is 4.68 Å². The fourth-order valence-electron chi connectivity index (χ4n) is 1.52. The van der Waals surface area contributed by atoms with Gasteiger partial charge in [-0.25, -0.2) is 4.39 Å². The van der Waals surface area contributed by atoms with Crippen LogP contribution in [0.25, 0.3) is 0 Å². The molecule has 1 N–H and O–H groups in total. The van der Waals surface area contributed by atoms with Crippen molar-refractivity contribution in [3.05, 3.63) is 41.8 Å². The van der Waals surface area contributed by atoms with Gasteiger partial charge in [-0.15, -0.1) is 0 Å². The molecule has 0 aliphatic rings. The van der Waals surface area contributed by atoms with E-state index in [1.807, 2.05) is 30.8 Å². The van der Waals surface area contributed by atoms with Crippen LogP contribution in [-0.4, -0.2) is 9.78 Å². The highest BCUT2D eigenvalue weighted by molar-refractivity contribution is 5.57. The number of aromatic nitrogens is 2. The van der Waals surface area contributed by atoms with Gasteiger partial charge in [-0.1, -0.05) is 0 Å². The van der Waals surface area contributed by atoms with Crippen molar-refractivity contribution in [3.8, 4) is 6.07 Å². The number of nitrogens with one attached hydrogen (secondary N) is 1. The Morgan fingerprint density at radius 1 is 1.39 bits per heavy atom. The lowest BCUT2D eigenvalue weighted by molar-refractivity contribution is 0.534. The smallest absolute Gasteiger partial charge is 0.152 e. The molecule has 2 aromatic rings. The normalized spacial score (nSPS) is 10.4. The molecular formula is C13H13FN4. The van der Waals surface area contributed by atoms with E-state index in [1.54, 1.807) is 12.1 Å². The summed E-state index contributed by atoms with van der Waals surface area (Å²) in [5, 5.41) is 15.9. The van der Waals surface area contributed by atoms with Crippen LogP contribution in [0.1, 0.15) is 25.5 Å². The van der Waals surface area contributed by atoms with Gasteiger partial charge in [0, 0.05) is 24.0 Å². The number of nitrogens with zero attached hydrogens (tertiary/aromatic N) is 3. The SMILES string of the molecule is CC(C)n1ccc(Nc2ccc(C#N)c(F)c2)n1. The van der Waals surface area contributed by atoms with Gasteiger partial charge >= 0.3 is 0 Å². The van der Waals surface area contributed by atoms with Crippen LogP contribution >= 0.6 is 0 Å². The van der Waals surface area contributed by atoms with Gasteiger partial charge in [-0.2, -0.15) is 10.4 Å². The molecule has 18 heavy (non-hydrogen) atoms. The summed E-state index contributed by atoms with van der Waals surface area (Å²) in [7, 11) is 0. The molecule has 0 atom stereocenters. The second-order valence-corrected chi connectivity index (χ2v) is 4.21. The van der Waals surface area contributed by atoms with E-state index >= 15 is 0 Å². The average molecular weight is 244 g/mol. The number of hydrogen-bond acceptors (Lipinski definition) is 3. The summed E-state index contributed by atoms with van der Waals surface area (Å²) >= 11 is 0. The molecule has 0 saturated heterocycles. The van der Waals surface area contributed by atoms with E-state index in [0.29, 0.717) is 11.5 Å². The molecule has 0 saturated carbocycles. The second-order valence-electron chi connectivity index (χ2n) is 4.21. The topological polar surface area (TPSA) is 53.6 Å². The van der Waals surface area contributed by atoms with Gasteiger partial charge < -0.3 is 5.32 Å². The Morgan fingerprint density at radius 3 is 2.72 bits per heavy atom. The number of hydrogen-bond donors (Lipinski definition) is 1. The first kappa shape index (κ1) is 12.1. The zero-order valence-electron chi connectivity index (χ0n) is 10.2. The lowest BCUT2D eigenvalue weighted by Crippen LogP contribution is -2.02. The first-order valence-corrected chi connectivity index (χ1v) is 5.62. The number of rotatable bonds is 3. The molecule has 1 aromatic heterocycles. The van der Waals surface area contributed by atoms with Crippen LogP contribution in [0.3, 0.4) is 0 Å². The van der Waals surface area contributed by atoms with E-state index in [1.165, 1.54) is 12.1 Å². The van der Waals surface area contributed by atoms with E-state index in [-0.39, 0.29) is 11.6 Å².